The van der Waals surface area contributed by atoms with Gasteiger partial charge in [0.1, 0.15) is 10.8 Å². The van der Waals surface area contributed by atoms with Crippen LogP contribution in [0.1, 0.15) is 69.8 Å². The lowest BCUT2D eigenvalue weighted by Gasteiger charge is -2.44. The summed E-state index contributed by atoms with van der Waals surface area (Å²) in [4.78, 5) is 18.3. The molecule has 1 unspecified atom stereocenters. The van der Waals surface area contributed by atoms with Gasteiger partial charge in [-0.2, -0.15) is 0 Å². The second-order valence-corrected chi connectivity index (χ2v) is 10.1. The Labute approximate surface area is 195 Å². The third kappa shape index (κ3) is 4.19. The number of benzene rings is 1. The van der Waals surface area contributed by atoms with Gasteiger partial charge >= 0.3 is 0 Å². The highest BCUT2D eigenvalue weighted by Crippen LogP contribution is 2.49. The number of carbonyl (C=O) groups excluding carboxylic acids is 1. The Morgan fingerprint density at radius 1 is 0.969 bits per heavy atom. The van der Waals surface area contributed by atoms with Gasteiger partial charge in [0, 0.05) is 17.8 Å². The molecule has 2 aromatic rings. The maximum atomic E-state index is 14.1. The Morgan fingerprint density at radius 2 is 1.59 bits per heavy atom. The molecule has 2 heterocycles. The number of amides is 1. The van der Waals surface area contributed by atoms with E-state index in [-0.39, 0.29) is 17.9 Å². The molecule has 2 fully saturated rings. The smallest absolute Gasteiger partial charge is 0.228 e. The number of rotatable bonds is 5. The highest BCUT2D eigenvalue weighted by Gasteiger charge is 2.52. The molecule has 1 amide bonds. The molecule has 5 rings (SSSR count). The van der Waals surface area contributed by atoms with E-state index in [0.29, 0.717) is 11.1 Å². The third-order valence-corrected chi connectivity index (χ3v) is 7.80. The molecule has 1 aliphatic heterocycles. The number of para-hydroxylation sites is 2. The van der Waals surface area contributed by atoms with Gasteiger partial charge in [-0.1, -0.05) is 62.3 Å². The van der Waals surface area contributed by atoms with Crippen molar-refractivity contribution in [3.63, 3.8) is 0 Å². The molecular weight excluding hydrogens is 420 g/mol. The SMILES string of the molecule is O=C(NC1CCCCC1)C(C1CCCCC1)C1(c2ccnc(Cl)c2)Nc2ccccc2N1. The molecule has 0 radical (unpaired) electrons. The van der Waals surface area contributed by atoms with Crippen molar-refractivity contribution in [1.29, 1.82) is 0 Å². The van der Waals surface area contributed by atoms with E-state index in [2.05, 4.69) is 33.1 Å². The van der Waals surface area contributed by atoms with E-state index in [1.165, 1.54) is 38.5 Å². The molecular formula is C26H33ClN4O. The molecule has 32 heavy (non-hydrogen) atoms. The summed E-state index contributed by atoms with van der Waals surface area (Å²) >= 11 is 6.35. The van der Waals surface area contributed by atoms with Gasteiger partial charge in [0.25, 0.3) is 0 Å². The van der Waals surface area contributed by atoms with Crippen molar-refractivity contribution in [2.45, 2.75) is 75.9 Å². The molecule has 3 aliphatic rings. The standard InChI is InChI=1S/C26H33ClN4O/c27-23-17-19(15-16-28-23)26(30-21-13-7-8-14-22(21)31-26)24(18-9-3-1-4-10-18)25(32)29-20-11-5-2-6-12-20/h7-8,13-18,20,24,30-31H,1-6,9-12H2,(H,29,32). The van der Waals surface area contributed by atoms with E-state index >= 15 is 0 Å². The Kier molecular flexibility index (Phi) is 6.27. The van der Waals surface area contributed by atoms with Gasteiger partial charge in [0.2, 0.25) is 5.91 Å². The summed E-state index contributed by atoms with van der Waals surface area (Å²) in [5, 5.41) is 11.4. The first-order valence-corrected chi connectivity index (χ1v) is 12.6. The third-order valence-electron chi connectivity index (χ3n) is 7.59. The highest BCUT2D eigenvalue weighted by molar-refractivity contribution is 6.29. The quantitative estimate of drug-likeness (QED) is 0.481. The van der Waals surface area contributed by atoms with Crippen LogP contribution in [0.2, 0.25) is 5.15 Å². The lowest BCUT2D eigenvalue weighted by molar-refractivity contribution is -0.130. The molecule has 1 aromatic carbocycles. The Balaban J connectivity index is 1.56. The first-order valence-electron chi connectivity index (χ1n) is 12.2. The number of nitrogens with one attached hydrogen (secondary N) is 3. The van der Waals surface area contributed by atoms with Crippen LogP contribution in [0.5, 0.6) is 0 Å². The topological polar surface area (TPSA) is 66.0 Å². The number of anilines is 2. The summed E-state index contributed by atoms with van der Waals surface area (Å²) in [5.74, 6) is 0.203. The van der Waals surface area contributed by atoms with Gasteiger partial charge < -0.3 is 16.0 Å². The average molecular weight is 453 g/mol. The van der Waals surface area contributed by atoms with Crippen LogP contribution in [0.25, 0.3) is 0 Å². The number of nitrogens with zero attached hydrogens (tertiary/aromatic N) is 1. The highest BCUT2D eigenvalue weighted by atomic mass is 35.5. The number of pyridine rings is 1. The van der Waals surface area contributed by atoms with Crippen molar-refractivity contribution in [1.82, 2.24) is 10.3 Å². The summed E-state index contributed by atoms with van der Waals surface area (Å²) in [6.45, 7) is 0. The minimum atomic E-state index is -0.753. The Bertz CT molecular complexity index is 927. The van der Waals surface area contributed by atoms with Crippen LogP contribution in [0.4, 0.5) is 11.4 Å². The summed E-state index contributed by atoms with van der Waals surface area (Å²) < 4.78 is 0. The predicted molar refractivity (Wildman–Crippen MR) is 130 cm³/mol. The zero-order valence-corrected chi connectivity index (χ0v) is 19.3. The fourth-order valence-corrected chi connectivity index (χ4v) is 6.23. The van der Waals surface area contributed by atoms with Gasteiger partial charge in [0.05, 0.1) is 17.3 Å². The van der Waals surface area contributed by atoms with E-state index < -0.39 is 5.66 Å². The van der Waals surface area contributed by atoms with Crippen LogP contribution in [0.3, 0.4) is 0 Å². The van der Waals surface area contributed by atoms with Crippen LogP contribution in [-0.4, -0.2) is 16.9 Å². The largest absolute Gasteiger partial charge is 0.357 e. The summed E-state index contributed by atoms with van der Waals surface area (Å²) in [6, 6.07) is 12.4. The van der Waals surface area contributed by atoms with Crippen LogP contribution in [0, 0.1) is 11.8 Å². The van der Waals surface area contributed by atoms with Crippen LogP contribution < -0.4 is 16.0 Å². The van der Waals surface area contributed by atoms with Gasteiger partial charge in [-0.3, -0.25) is 4.79 Å². The molecule has 3 N–H and O–H groups in total. The van der Waals surface area contributed by atoms with Crippen molar-refractivity contribution < 1.29 is 4.79 Å². The molecule has 0 bridgehead atoms. The van der Waals surface area contributed by atoms with Crippen LogP contribution in [0.15, 0.2) is 42.6 Å². The number of fused-ring (bicyclic) bond motifs is 1. The molecule has 5 nitrogen and oxygen atoms in total. The zero-order chi connectivity index (χ0) is 22.0. The minimum absolute atomic E-state index is 0.157. The number of hydrogen-bond acceptors (Lipinski definition) is 4. The first-order chi connectivity index (χ1) is 15.7. The molecule has 6 heteroatoms. The monoisotopic (exact) mass is 452 g/mol. The summed E-state index contributed by atoms with van der Waals surface area (Å²) in [7, 11) is 0. The van der Waals surface area contributed by atoms with Crippen LogP contribution in [-0.2, 0) is 10.5 Å². The maximum absolute atomic E-state index is 14.1. The lowest BCUT2D eigenvalue weighted by Crippen LogP contribution is -2.56. The molecule has 2 aliphatic carbocycles. The number of hydrogen-bond donors (Lipinski definition) is 3. The minimum Gasteiger partial charge on any atom is -0.357 e. The summed E-state index contributed by atoms with van der Waals surface area (Å²) in [5.41, 5.74) is 2.25. The second-order valence-electron chi connectivity index (χ2n) is 9.69. The van der Waals surface area contributed by atoms with E-state index in [0.717, 1.165) is 42.6 Å². The van der Waals surface area contributed by atoms with E-state index in [4.69, 9.17) is 11.6 Å². The number of aromatic nitrogens is 1. The fraction of sp³-hybridized carbons (Fsp3) is 0.538. The van der Waals surface area contributed by atoms with E-state index in [9.17, 15) is 4.79 Å². The molecule has 1 atom stereocenters. The van der Waals surface area contributed by atoms with Gasteiger partial charge in [-0.05, 0) is 55.9 Å². The lowest BCUT2D eigenvalue weighted by atomic mass is 9.71. The van der Waals surface area contributed by atoms with Crippen molar-refractivity contribution in [2.24, 2.45) is 11.8 Å². The Morgan fingerprint density at radius 3 is 2.22 bits per heavy atom. The molecule has 2 saturated carbocycles. The normalized spacial score (nSPS) is 21.8. The van der Waals surface area contributed by atoms with Gasteiger partial charge in [0.15, 0.2) is 0 Å². The summed E-state index contributed by atoms with van der Waals surface area (Å²) in [6.07, 6.45) is 13.3. The second kappa shape index (κ2) is 9.30. The average Bonchev–Trinajstić information content (AvgIpc) is 3.21. The van der Waals surface area contributed by atoms with Crippen molar-refractivity contribution in [2.75, 3.05) is 10.6 Å². The number of halogens is 1. The van der Waals surface area contributed by atoms with Gasteiger partial charge in [-0.15, -0.1) is 0 Å². The maximum Gasteiger partial charge on any atom is 0.228 e. The number of carbonyl (C=O) groups is 1. The first kappa shape index (κ1) is 21.6. The zero-order valence-electron chi connectivity index (χ0n) is 18.6. The van der Waals surface area contributed by atoms with Crippen molar-refractivity contribution >= 4 is 28.9 Å². The molecule has 0 saturated heterocycles. The van der Waals surface area contributed by atoms with Crippen molar-refractivity contribution in [3.8, 4) is 0 Å². The van der Waals surface area contributed by atoms with E-state index in [1.54, 1.807) is 6.20 Å². The fourth-order valence-electron chi connectivity index (χ4n) is 6.05. The van der Waals surface area contributed by atoms with Crippen molar-refractivity contribution in [3.05, 3.63) is 53.3 Å². The molecule has 170 valence electrons. The molecule has 1 aromatic heterocycles. The van der Waals surface area contributed by atoms with Crippen LogP contribution >= 0.6 is 11.6 Å². The van der Waals surface area contributed by atoms with E-state index in [1.807, 2.05) is 24.3 Å². The predicted octanol–water partition coefficient (Wildman–Crippen LogP) is 6.07. The Hall–Kier alpha value is -2.27. The van der Waals surface area contributed by atoms with Gasteiger partial charge in [-0.25, -0.2) is 4.98 Å². The molecule has 0 spiro atoms.